The smallest absolute Gasteiger partial charge is 0.333 e. The molecule has 0 bridgehead atoms. The number of rotatable bonds is 7. The Kier molecular flexibility index (Phi) is 7.95. The number of nitrogens with zero attached hydrogens (tertiary/aromatic N) is 3. The van der Waals surface area contributed by atoms with Gasteiger partial charge in [-0.25, -0.2) is 9.79 Å². The highest BCUT2D eigenvalue weighted by Crippen LogP contribution is 2.23. The van der Waals surface area contributed by atoms with Crippen molar-refractivity contribution >= 4 is 28.4 Å². The Morgan fingerprint density at radius 3 is 2.32 bits per heavy atom. The minimum atomic E-state index is -0.697. The zero-order valence-electron chi connectivity index (χ0n) is 19.4. The summed E-state index contributed by atoms with van der Waals surface area (Å²) in [6.07, 6.45) is 0. The first-order valence-corrected chi connectivity index (χ1v) is 11.4. The number of methoxy groups -OCH3 is 1. The summed E-state index contributed by atoms with van der Waals surface area (Å²) in [6.45, 7) is 2.26. The molecule has 3 aromatic rings. The molecule has 0 unspecified atom stereocenters. The number of carbonyl (C=O) groups excluding carboxylic acids is 1. The lowest BCUT2D eigenvalue weighted by molar-refractivity contribution is -0.118. The number of ether oxygens (including phenoxy) is 1. The summed E-state index contributed by atoms with van der Waals surface area (Å²) in [4.78, 5) is 42.0. The topological polar surface area (TPSA) is 115 Å². The van der Waals surface area contributed by atoms with Gasteiger partial charge in [-0.1, -0.05) is 41.6 Å². The Balaban J connectivity index is 1.85. The van der Waals surface area contributed by atoms with Crippen LogP contribution in [0.3, 0.4) is 0 Å². The maximum Gasteiger partial charge on any atom is 0.333 e. The van der Waals surface area contributed by atoms with Crippen molar-refractivity contribution in [2.24, 2.45) is 19.1 Å². The number of aromatic hydroxyl groups is 1. The van der Waals surface area contributed by atoms with Crippen molar-refractivity contribution in [3.05, 3.63) is 86.1 Å². The zero-order valence-corrected chi connectivity index (χ0v) is 20.2. The van der Waals surface area contributed by atoms with E-state index in [1.807, 2.05) is 31.2 Å². The van der Waals surface area contributed by atoms with Gasteiger partial charge in [-0.3, -0.25) is 18.7 Å². The highest BCUT2D eigenvalue weighted by Gasteiger charge is 2.21. The molecule has 1 amide bonds. The maximum atomic E-state index is 12.8. The first kappa shape index (κ1) is 24.8. The maximum absolute atomic E-state index is 12.8. The third kappa shape index (κ3) is 5.76. The van der Waals surface area contributed by atoms with Crippen molar-refractivity contribution in [1.29, 1.82) is 0 Å². The fraction of sp³-hybridized carbons (Fsp3) is 0.250. The van der Waals surface area contributed by atoms with Crippen LogP contribution in [-0.2, 0) is 25.4 Å². The number of amides is 1. The number of hydrogen-bond acceptors (Lipinski definition) is 7. The number of aliphatic imine (C=N–C) groups is 1. The van der Waals surface area contributed by atoms with E-state index in [2.05, 4.69) is 10.3 Å². The van der Waals surface area contributed by atoms with Gasteiger partial charge >= 0.3 is 5.69 Å². The van der Waals surface area contributed by atoms with E-state index in [1.54, 1.807) is 31.4 Å². The molecule has 1 heterocycles. The molecule has 2 aromatic carbocycles. The molecule has 0 radical (unpaired) electrons. The van der Waals surface area contributed by atoms with Crippen LogP contribution in [0, 0.1) is 6.92 Å². The van der Waals surface area contributed by atoms with E-state index in [9.17, 15) is 19.5 Å². The van der Waals surface area contributed by atoms with Crippen LogP contribution in [0.2, 0.25) is 0 Å². The second-order valence-electron chi connectivity index (χ2n) is 7.57. The number of nitrogens with one attached hydrogen (secondary N) is 1. The molecule has 0 fully saturated rings. The third-order valence-corrected chi connectivity index (χ3v) is 6.08. The van der Waals surface area contributed by atoms with Gasteiger partial charge in [-0.05, 0) is 36.8 Å². The number of hydrogen-bond donors (Lipinski definition) is 2. The molecule has 0 spiro atoms. The van der Waals surface area contributed by atoms with Gasteiger partial charge in [0.05, 0.1) is 18.6 Å². The molecule has 10 heteroatoms. The molecular formula is C24H26N4O5S. The van der Waals surface area contributed by atoms with Gasteiger partial charge in [0, 0.05) is 20.6 Å². The van der Waals surface area contributed by atoms with Gasteiger partial charge < -0.3 is 15.2 Å². The van der Waals surface area contributed by atoms with Gasteiger partial charge in [0.1, 0.15) is 16.4 Å². The lowest BCUT2D eigenvalue weighted by atomic mass is 10.2. The van der Waals surface area contributed by atoms with Crippen LogP contribution in [0.1, 0.15) is 16.7 Å². The van der Waals surface area contributed by atoms with Crippen LogP contribution in [0.5, 0.6) is 11.6 Å². The minimum absolute atomic E-state index is 0.0493. The van der Waals surface area contributed by atoms with Crippen molar-refractivity contribution in [1.82, 2.24) is 14.5 Å². The first-order chi connectivity index (χ1) is 16.2. The molecule has 34 heavy (non-hydrogen) atoms. The van der Waals surface area contributed by atoms with Crippen LogP contribution in [0.25, 0.3) is 0 Å². The SMILES string of the molecule is COc1ccc(CNC(=O)CSC(=Nc2ccc(C)cc2)c2c(O)n(C)c(=O)n(C)c2=O)cc1. The molecule has 0 aliphatic carbocycles. The summed E-state index contributed by atoms with van der Waals surface area (Å²) in [6, 6.07) is 14.6. The Labute approximate surface area is 200 Å². The lowest BCUT2D eigenvalue weighted by Crippen LogP contribution is -2.39. The van der Waals surface area contributed by atoms with Crippen LogP contribution < -0.4 is 21.3 Å². The molecule has 9 nitrogen and oxygen atoms in total. The standard InChI is InChI=1S/C24H26N4O5S/c1-15-5-9-17(10-6-15)26-21(20-22(30)27(2)24(32)28(3)23(20)31)34-14-19(29)25-13-16-7-11-18(33-4)12-8-16/h5-12,30H,13-14H2,1-4H3,(H,25,29). The second-order valence-corrected chi connectivity index (χ2v) is 8.53. The van der Waals surface area contributed by atoms with Gasteiger partial charge in [-0.15, -0.1) is 0 Å². The predicted molar refractivity (Wildman–Crippen MR) is 133 cm³/mol. The predicted octanol–water partition coefficient (Wildman–Crippen LogP) is 2.23. The normalized spacial score (nSPS) is 11.4. The number of thioether (sulfide) groups is 1. The Morgan fingerprint density at radius 2 is 1.71 bits per heavy atom. The molecule has 178 valence electrons. The number of aryl methyl sites for hydroxylation is 1. The van der Waals surface area contributed by atoms with E-state index in [-0.39, 0.29) is 22.3 Å². The fourth-order valence-corrected chi connectivity index (χ4v) is 3.91. The molecule has 3 rings (SSSR count). The largest absolute Gasteiger partial charge is 0.497 e. The molecule has 0 saturated heterocycles. The zero-order chi connectivity index (χ0) is 24.8. The molecule has 2 N–H and O–H groups in total. The van der Waals surface area contributed by atoms with Crippen LogP contribution >= 0.6 is 11.8 Å². The number of carbonyl (C=O) groups is 1. The van der Waals surface area contributed by atoms with Crippen molar-refractivity contribution < 1.29 is 14.6 Å². The van der Waals surface area contributed by atoms with Gasteiger partial charge in [0.2, 0.25) is 11.8 Å². The van der Waals surface area contributed by atoms with E-state index in [4.69, 9.17) is 4.74 Å². The Bertz CT molecular complexity index is 1330. The Hall–Kier alpha value is -3.79. The van der Waals surface area contributed by atoms with Gasteiger partial charge in [0.25, 0.3) is 5.56 Å². The summed E-state index contributed by atoms with van der Waals surface area (Å²) < 4.78 is 6.98. The first-order valence-electron chi connectivity index (χ1n) is 10.4. The fourth-order valence-electron chi connectivity index (χ4n) is 3.05. The quantitative estimate of drug-likeness (QED) is 0.394. The van der Waals surface area contributed by atoms with Crippen molar-refractivity contribution in [3.8, 4) is 11.6 Å². The Morgan fingerprint density at radius 1 is 1.06 bits per heavy atom. The molecule has 0 saturated carbocycles. The second kappa shape index (κ2) is 10.9. The monoisotopic (exact) mass is 482 g/mol. The minimum Gasteiger partial charge on any atom is -0.497 e. The summed E-state index contributed by atoms with van der Waals surface area (Å²) in [5.74, 6) is -0.114. The van der Waals surface area contributed by atoms with Gasteiger partial charge in [0.15, 0.2) is 0 Å². The summed E-state index contributed by atoms with van der Waals surface area (Å²) in [5, 5.41) is 13.5. The van der Waals surface area contributed by atoms with Crippen LogP contribution in [0.4, 0.5) is 5.69 Å². The summed E-state index contributed by atoms with van der Waals surface area (Å²) >= 11 is 1.00. The van der Waals surface area contributed by atoms with E-state index in [1.165, 1.54) is 14.1 Å². The molecule has 0 aliphatic heterocycles. The van der Waals surface area contributed by atoms with E-state index >= 15 is 0 Å². The molecular weight excluding hydrogens is 456 g/mol. The van der Waals surface area contributed by atoms with E-state index in [0.717, 1.165) is 37.8 Å². The summed E-state index contributed by atoms with van der Waals surface area (Å²) in [7, 11) is 4.26. The lowest BCUT2D eigenvalue weighted by Gasteiger charge is -2.12. The van der Waals surface area contributed by atoms with Crippen LogP contribution in [0.15, 0.2) is 63.1 Å². The number of benzene rings is 2. The molecule has 1 aromatic heterocycles. The third-order valence-electron chi connectivity index (χ3n) is 5.10. The molecule has 0 aliphatic rings. The van der Waals surface area contributed by atoms with Crippen molar-refractivity contribution in [2.45, 2.75) is 13.5 Å². The number of aromatic nitrogens is 2. The van der Waals surface area contributed by atoms with Crippen LogP contribution in [-0.4, -0.2) is 38.1 Å². The van der Waals surface area contributed by atoms with Crippen molar-refractivity contribution in [2.75, 3.05) is 12.9 Å². The highest BCUT2D eigenvalue weighted by molar-refractivity contribution is 8.15. The van der Waals surface area contributed by atoms with Gasteiger partial charge in [-0.2, -0.15) is 0 Å². The molecule has 0 atom stereocenters. The average molecular weight is 483 g/mol. The van der Waals surface area contributed by atoms with E-state index in [0.29, 0.717) is 12.2 Å². The average Bonchev–Trinajstić information content (AvgIpc) is 2.85. The highest BCUT2D eigenvalue weighted by atomic mass is 32.2. The van der Waals surface area contributed by atoms with Crippen molar-refractivity contribution in [3.63, 3.8) is 0 Å². The van der Waals surface area contributed by atoms with E-state index < -0.39 is 17.1 Å². The summed E-state index contributed by atoms with van der Waals surface area (Å²) in [5.41, 5.74) is 0.977.